The fraction of sp³-hybridized carbons (Fsp3) is 0.263. The fourth-order valence-corrected chi connectivity index (χ4v) is 1.89. The molecule has 0 saturated carbocycles. The summed E-state index contributed by atoms with van der Waals surface area (Å²) in [4.78, 5) is 24.8. The van der Waals surface area contributed by atoms with E-state index in [0.717, 1.165) is 5.56 Å². The summed E-state index contributed by atoms with van der Waals surface area (Å²) in [6.07, 6.45) is 0. The molecule has 2 aromatic rings. The van der Waals surface area contributed by atoms with E-state index in [-0.39, 0.29) is 25.0 Å². The van der Waals surface area contributed by atoms with Crippen molar-refractivity contribution in [1.29, 1.82) is 0 Å². The first-order valence-electron chi connectivity index (χ1n) is 7.86. The average molecular weight is 342 g/mol. The maximum atomic E-state index is 11.9. The molecular formula is C19H22N2O4. The second-order valence-electron chi connectivity index (χ2n) is 5.75. The van der Waals surface area contributed by atoms with E-state index in [2.05, 4.69) is 5.32 Å². The molecule has 0 aliphatic rings. The van der Waals surface area contributed by atoms with Crippen LogP contribution in [-0.4, -0.2) is 44.0 Å². The Labute approximate surface area is 147 Å². The number of rotatable bonds is 7. The molecule has 25 heavy (non-hydrogen) atoms. The average Bonchev–Trinajstić information content (AvgIpc) is 2.60. The van der Waals surface area contributed by atoms with E-state index in [1.807, 2.05) is 31.2 Å². The summed E-state index contributed by atoms with van der Waals surface area (Å²) in [6.45, 7) is 1.89. The molecule has 0 aliphatic heterocycles. The first kappa shape index (κ1) is 18.3. The molecule has 2 amide bonds. The Morgan fingerprint density at radius 2 is 1.40 bits per heavy atom. The molecule has 0 radical (unpaired) electrons. The second kappa shape index (κ2) is 8.73. The zero-order valence-electron chi connectivity index (χ0n) is 14.6. The van der Waals surface area contributed by atoms with Gasteiger partial charge in [-0.3, -0.25) is 9.59 Å². The summed E-state index contributed by atoms with van der Waals surface area (Å²) in [6, 6.07) is 14.3. The van der Waals surface area contributed by atoms with E-state index in [1.165, 1.54) is 4.90 Å². The second-order valence-corrected chi connectivity index (χ2v) is 5.75. The van der Waals surface area contributed by atoms with Crippen molar-refractivity contribution in [3.05, 3.63) is 54.1 Å². The van der Waals surface area contributed by atoms with Crippen molar-refractivity contribution in [2.24, 2.45) is 0 Å². The molecule has 2 rings (SSSR count). The minimum atomic E-state index is -0.253. The van der Waals surface area contributed by atoms with Crippen molar-refractivity contribution in [3.63, 3.8) is 0 Å². The maximum Gasteiger partial charge on any atom is 0.262 e. The number of nitrogens with one attached hydrogen (secondary N) is 1. The zero-order valence-corrected chi connectivity index (χ0v) is 14.6. The van der Waals surface area contributed by atoms with Crippen molar-refractivity contribution in [3.8, 4) is 11.5 Å². The van der Waals surface area contributed by atoms with Crippen LogP contribution in [0.4, 0.5) is 5.69 Å². The lowest BCUT2D eigenvalue weighted by Crippen LogP contribution is -2.27. The Hall–Kier alpha value is -3.02. The normalized spacial score (nSPS) is 10.0. The highest BCUT2D eigenvalue weighted by Gasteiger charge is 2.06. The first-order valence-corrected chi connectivity index (χ1v) is 7.86. The van der Waals surface area contributed by atoms with Gasteiger partial charge in [-0.05, 0) is 43.3 Å². The van der Waals surface area contributed by atoms with Gasteiger partial charge in [-0.1, -0.05) is 17.7 Å². The number of aryl methyl sites for hydroxylation is 1. The molecule has 1 N–H and O–H groups in total. The molecule has 0 unspecified atom stereocenters. The van der Waals surface area contributed by atoms with Gasteiger partial charge in [0.2, 0.25) is 0 Å². The number of benzene rings is 2. The first-order chi connectivity index (χ1) is 11.9. The molecule has 0 aromatic heterocycles. The van der Waals surface area contributed by atoms with Crippen LogP contribution < -0.4 is 14.8 Å². The summed E-state index contributed by atoms with van der Waals surface area (Å²) in [5, 5.41) is 2.74. The summed E-state index contributed by atoms with van der Waals surface area (Å²) in [5.74, 6) is 0.835. The van der Waals surface area contributed by atoms with Crippen LogP contribution in [0.2, 0.25) is 0 Å². The third-order valence-corrected chi connectivity index (χ3v) is 3.39. The van der Waals surface area contributed by atoms with Crippen LogP contribution in [-0.2, 0) is 9.59 Å². The Morgan fingerprint density at radius 1 is 0.880 bits per heavy atom. The number of anilines is 1. The number of amides is 2. The van der Waals surface area contributed by atoms with Crippen molar-refractivity contribution < 1.29 is 19.1 Å². The van der Waals surface area contributed by atoms with Gasteiger partial charge >= 0.3 is 0 Å². The number of hydrogen-bond acceptors (Lipinski definition) is 4. The number of carbonyl (C=O) groups is 2. The molecular weight excluding hydrogens is 320 g/mol. The van der Waals surface area contributed by atoms with Crippen LogP contribution in [0, 0.1) is 6.92 Å². The van der Waals surface area contributed by atoms with Gasteiger partial charge in [-0.2, -0.15) is 0 Å². The summed E-state index contributed by atoms with van der Waals surface area (Å²) in [5.41, 5.74) is 1.76. The summed E-state index contributed by atoms with van der Waals surface area (Å²) >= 11 is 0. The highest BCUT2D eigenvalue weighted by atomic mass is 16.5. The van der Waals surface area contributed by atoms with E-state index in [4.69, 9.17) is 9.47 Å². The lowest BCUT2D eigenvalue weighted by Gasteiger charge is -2.12. The molecule has 0 spiro atoms. The molecule has 0 heterocycles. The molecule has 0 fully saturated rings. The molecule has 2 aromatic carbocycles. The quantitative estimate of drug-likeness (QED) is 0.839. The molecule has 0 bridgehead atoms. The van der Waals surface area contributed by atoms with Gasteiger partial charge in [0.1, 0.15) is 11.5 Å². The standard InChI is InChI=1S/C19H22N2O4/c1-14-4-8-16(9-5-14)24-12-18(22)20-15-6-10-17(11-7-15)25-13-19(23)21(2)3/h4-11H,12-13H2,1-3H3,(H,20,22). The minimum absolute atomic E-state index is 0.0247. The highest BCUT2D eigenvalue weighted by Crippen LogP contribution is 2.16. The van der Waals surface area contributed by atoms with Crippen LogP contribution in [0.1, 0.15) is 5.56 Å². The van der Waals surface area contributed by atoms with E-state index < -0.39 is 0 Å². The Morgan fingerprint density at radius 3 is 1.96 bits per heavy atom. The Bertz CT molecular complexity index is 709. The molecule has 6 nitrogen and oxygen atoms in total. The van der Waals surface area contributed by atoms with E-state index in [1.54, 1.807) is 38.4 Å². The van der Waals surface area contributed by atoms with Crippen LogP contribution in [0.15, 0.2) is 48.5 Å². The number of carbonyl (C=O) groups excluding carboxylic acids is 2. The lowest BCUT2D eigenvalue weighted by molar-refractivity contribution is -0.130. The van der Waals surface area contributed by atoms with Crippen LogP contribution >= 0.6 is 0 Å². The van der Waals surface area contributed by atoms with Crippen molar-refractivity contribution >= 4 is 17.5 Å². The Balaban J connectivity index is 1.78. The number of ether oxygens (including phenoxy) is 2. The van der Waals surface area contributed by atoms with Gasteiger partial charge in [0.05, 0.1) is 0 Å². The van der Waals surface area contributed by atoms with Gasteiger partial charge in [0.25, 0.3) is 11.8 Å². The maximum absolute atomic E-state index is 11.9. The molecule has 0 saturated heterocycles. The fourth-order valence-electron chi connectivity index (χ4n) is 1.89. The van der Waals surface area contributed by atoms with Gasteiger partial charge in [0.15, 0.2) is 13.2 Å². The Kier molecular flexibility index (Phi) is 6.39. The van der Waals surface area contributed by atoms with Crippen LogP contribution in [0.5, 0.6) is 11.5 Å². The monoisotopic (exact) mass is 342 g/mol. The smallest absolute Gasteiger partial charge is 0.262 e. The minimum Gasteiger partial charge on any atom is -0.484 e. The lowest BCUT2D eigenvalue weighted by atomic mass is 10.2. The van der Waals surface area contributed by atoms with E-state index in [0.29, 0.717) is 17.2 Å². The van der Waals surface area contributed by atoms with Crippen LogP contribution in [0.3, 0.4) is 0 Å². The van der Waals surface area contributed by atoms with Gasteiger partial charge in [0, 0.05) is 19.8 Å². The molecule has 0 atom stereocenters. The van der Waals surface area contributed by atoms with Crippen LogP contribution in [0.25, 0.3) is 0 Å². The predicted molar refractivity (Wildman–Crippen MR) is 95.9 cm³/mol. The highest BCUT2D eigenvalue weighted by molar-refractivity contribution is 5.91. The SMILES string of the molecule is Cc1ccc(OCC(=O)Nc2ccc(OCC(=O)N(C)C)cc2)cc1. The third kappa shape index (κ3) is 6.18. The third-order valence-electron chi connectivity index (χ3n) is 3.39. The number of nitrogens with zero attached hydrogens (tertiary/aromatic N) is 1. The number of likely N-dealkylation sites (N-methyl/N-ethyl adjacent to an activating group) is 1. The number of hydrogen-bond donors (Lipinski definition) is 1. The van der Waals surface area contributed by atoms with Gasteiger partial charge in [-0.25, -0.2) is 0 Å². The van der Waals surface area contributed by atoms with E-state index >= 15 is 0 Å². The van der Waals surface area contributed by atoms with Crippen molar-refractivity contribution in [2.45, 2.75) is 6.92 Å². The van der Waals surface area contributed by atoms with Gasteiger partial charge < -0.3 is 19.7 Å². The largest absolute Gasteiger partial charge is 0.484 e. The van der Waals surface area contributed by atoms with Crippen molar-refractivity contribution in [1.82, 2.24) is 4.90 Å². The summed E-state index contributed by atoms with van der Waals surface area (Å²) < 4.78 is 10.8. The molecule has 6 heteroatoms. The topological polar surface area (TPSA) is 67.9 Å². The van der Waals surface area contributed by atoms with Gasteiger partial charge in [-0.15, -0.1) is 0 Å². The zero-order chi connectivity index (χ0) is 18.2. The van der Waals surface area contributed by atoms with E-state index in [9.17, 15) is 9.59 Å². The van der Waals surface area contributed by atoms with Crippen molar-refractivity contribution in [2.75, 3.05) is 32.6 Å². The summed E-state index contributed by atoms with van der Waals surface area (Å²) in [7, 11) is 3.34. The molecule has 0 aliphatic carbocycles. The predicted octanol–water partition coefficient (Wildman–Crippen LogP) is 2.48. The molecule has 132 valence electrons.